The Hall–Kier alpha value is -2.96. The average Bonchev–Trinajstić information content (AvgIpc) is 3.35. The topological polar surface area (TPSA) is 49.2 Å². The smallest absolute Gasteiger partial charge is 0.231 e. The molecule has 0 aliphatic carbocycles. The van der Waals surface area contributed by atoms with E-state index in [4.69, 9.17) is 26.1 Å². The molecule has 4 aromatic rings. The second-order valence-corrected chi connectivity index (χ2v) is 7.99. The van der Waals surface area contributed by atoms with Crippen LogP contribution in [0.3, 0.4) is 0 Å². The molecule has 7 heteroatoms. The molecule has 3 heterocycles. The second kappa shape index (κ2) is 7.46. The summed E-state index contributed by atoms with van der Waals surface area (Å²) < 4.78 is 13.1. The van der Waals surface area contributed by atoms with Crippen molar-refractivity contribution in [1.82, 2.24) is 14.5 Å². The van der Waals surface area contributed by atoms with Gasteiger partial charge in [-0.15, -0.1) is 0 Å². The predicted octanol–water partition coefficient (Wildman–Crippen LogP) is 5.68. The van der Waals surface area contributed by atoms with Crippen molar-refractivity contribution in [3.63, 3.8) is 0 Å². The third kappa shape index (κ3) is 3.45. The maximum atomic E-state index is 6.05. The number of fused-ring (bicyclic) bond motifs is 1. The fourth-order valence-electron chi connectivity index (χ4n) is 3.17. The zero-order valence-electron chi connectivity index (χ0n) is 15.5. The molecule has 29 heavy (non-hydrogen) atoms. The van der Waals surface area contributed by atoms with Crippen molar-refractivity contribution in [2.75, 3.05) is 6.79 Å². The number of pyridine rings is 1. The van der Waals surface area contributed by atoms with E-state index in [0.29, 0.717) is 5.02 Å². The summed E-state index contributed by atoms with van der Waals surface area (Å²) >= 11 is 7.69. The Morgan fingerprint density at radius 2 is 1.83 bits per heavy atom. The third-order valence-electron chi connectivity index (χ3n) is 4.61. The van der Waals surface area contributed by atoms with Gasteiger partial charge in [0.1, 0.15) is 16.4 Å². The predicted molar refractivity (Wildman–Crippen MR) is 114 cm³/mol. The van der Waals surface area contributed by atoms with Crippen molar-refractivity contribution >= 4 is 23.4 Å². The highest BCUT2D eigenvalue weighted by Gasteiger charge is 2.22. The molecule has 144 valence electrons. The molecule has 0 N–H and O–H groups in total. The highest BCUT2D eigenvalue weighted by atomic mass is 35.5. The summed E-state index contributed by atoms with van der Waals surface area (Å²) in [5.41, 5.74) is 2.65. The average molecular weight is 422 g/mol. The maximum absolute atomic E-state index is 6.05. The molecule has 0 atom stereocenters. The summed E-state index contributed by atoms with van der Waals surface area (Å²) in [6.45, 7) is 0.243. The van der Waals surface area contributed by atoms with E-state index in [9.17, 15) is 0 Å². The van der Waals surface area contributed by atoms with Gasteiger partial charge in [0.25, 0.3) is 0 Å². The minimum absolute atomic E-state index is 0.243. The zero-order valence-corrected chi connectivity index (χ0v) is 17.1. The number of hydrogen-bond acceptors (Lipinski definition) is 5. The van der Waals surface area contributed by atoms with Crippen LogP contribution in [-0.4, -0.2) is 21.3 Å². The van der Waals surface area contributed by atoms with E-state index in [2.05, 4.69) is 9.55 Å². The lowest BCUT2D eigenvalue weighted by molar-refractivity contribution is 0.174. The molecule has 0 amide bonds. The molecular formula is C22H16ClN3O2S. The minimum atomic E-state index is 0.243. The van der Waals surface area contributed by atoms with Gasteiger partial charge in [0.15, 0.2) is 17.3 Å². The molecule has 0 unspecified atom stereocenters. The monoisotopic (exact) mass is 421 g/mol. The van der Waals surface area contributed by atoms with Crippen molar-refractivity contribution < 1.29 is 9.47 Å². The van der Waals surface area contributed by atoms with Crippen LogP contribution in [0.2, 0.25) is 5.02 Å². The van der Waals surface area contributed by atoms with E-state index in [0.717, 1.165) is 44.2 Å². The molecule has 2 aromatic carbocycles. The van der Waals surface area contributed by atoms with Crippen LogP contribution in [0.25, 0.3) is 22.8 Å². The Morgan fingerprint density at radius 3 is 2.62 bits per heavy atom. The lowest BCUT2D eigenvalue weighted by Gasteiger charge is -2.08. The van der Waals surface area contributed by atoms with E-state index in [1.165, 1.54) is 0 Å². The summed E-state index contributed by atoms with van der Waals surface area (Å²) in [5, 5.41) is 1.72. The van der Waals surface area contributed by atoms with Crippen LogP contribution in [0.1, 0.15) is 0 Å². The van der Waals surface area contributed by atoms with Crippen LogP contribution in [-0.2, 0) is 7.05 Å². The van der Waals surface area contributed by atoms with Gasteiger partial charge in [-0.3, -0.25) is 4.98 Å². The van der Waals surface area contributed by atoms with Crippen LogP contribution in [0.4, 0.5) is 0 Å². The molecule has 1 aliphatic heterocycles. The van der Waals surface area contributed by atoms with E-state index in [1.807, 2.05) is 67.7 Å². The first kappa shape index (κ1) is 18.1. The van der Waals surface area contributed by atoms with Crippen molar-refractivity contribution in [2.24, 2.45) is 7.05 Å². The number of nitrogens with zero attached hydrogens (tertiary/aromatic N) is 3. The molecule has 0 fully saturated rings. The van der Waals surface area contributed by atoms with Crippen LogP contribution < -0.4 is 9.47 Å². The van der Waals surface area contributed by atoms with Crippen LogP contribution >= 0.6 is 23.4 Å². The number of aromatic nitrogens is 3. The van der Waals surface area contributed by atoms with Crippen LogP contribution in [0, 0.1) is 0 Å². The van der Waals surface area contributed by atoms with Crippen LogP contribution in [0.5, 0.6) is 11.5 Å². The van der Waals surface area contributed by atoms with Gasteiger partial charge in [0.2, 0.25) is 6.79 Å². The lowest BCUT2D eigenvalue weighted by Crippen LogP contribution is -1.95. The van der Waals surface area contributed by atoms with Gasteiger partial charge in [0, 0.05) is 28.7 Å². The Labute approximate surface area is 177 Å². The first-order valence-electron chi connectivity index (χ1n) is 9.00. The van der Waals surface area contributed by atoms with Gasteiger partial charge in [-0.05, 0) is 54.6 Å². The van der Waals surface area contributed by atoms with Gasteiger partial charge in [0.05, 0.1) is 0 Å². The fraction of sp³-hybridized carbons (Fsp3) is 0.0909. The first-order valence-corrected chi connectivity index (χ1v) is 10.2. The number of rotatable bonds is 4. The number of benzene rings is 2. The molecule has 2 aromatic heterocycles. The molecule has 0 spiro atoms. The van der Waals surface area contributed by atoms with Crippen molar-refractivity contribution in [2.45, 2.75) is 9.92 Å². The normalized spacial score (nSPS) is 12.3. The van der Waals surface area contributed by atoms with E-state index in [1.54, 1.807) is 18.0 Å². The van der Waals surface area contributed by atoms with Crippen LogP contribution in [0.15, 0.2) is 76.8 Å². The zero-order chi connectivity index (χ0) is 19.8. The highest BCUT2D eigenvalue weighted by molar-refractivity contribution is 7.99. The van der Waals surface area contributed by atoms with Crippen molar-refractivity contribution in [3.05, 3.63) is 71.9 Å². The molecule has 0 radical (unpaired) electrons. The summed E-state index contributed by atoms with van der Waals surface area (Å²) in [5.74, 6) is 2.28. The standard InChI is InChI=1S/C22H16ClN3O2S/c1-26-21(17-4-2-3-11-24-17)25-20(14-5-10-18-19(12-14)28-13-27-18)22(26)29-16-8-6-15(23)7-9-16/h2-12H,13H2,1H3. The Bertz CT molecular complexity index is 1180. The fourth-order valence-corrected chi connectivity index (χ4v) is 4.28. The molecular weight excluding hydrogens is 406 g/mol. The second-order valence-electron chi connectivity index (χ2n) is 6.49. The summed E-state index contributed by atoms with van der Waals surface area (Å²) in [6.07, 6.45) is 1.77. The van der Waals surface area contributed by atoms with Crippen molar-refractivity contribution in [3.8, 4) is 34.3 Å². The van der Waals surface area contributed by atoms with Gasteiger partial charge >= 0.3 is 0 Å². The van der Waals surface area contributed by atoms with E-state index < -0.39 is 0 Å². The summed E-state index contributed by atoms with van der Waals surface area (Å²) in [4.78, 5) is 10.5. The number of halogens is 1. The summed E-state index contributed by atoms with van der Waals surface area (Å²) in [7, 11) is 2.01. The van der Waals surface area contributed by atoms with Gasteiger partial charge in [-0.25, -0.2) is 4.98 Å². The summed E-state index contributed by atoms with van der Waals surface area (Å²) in [6, 6.07) is 19.5. The third-order valence-corrected chi connectivity index (χ3v) is 6.03. The molecule has 0 saturated carbocycles. The molecule has 1 aliphatic rings. The van der Waals surface area contributed by atoms with Gasteiger partial charge in [-0.2, -0.15) is 0 Å². The quantitative estimate of drug-likeness (QED) is 0.424. The van der Waals surface area contributed by atoms with Gasteiger partial charge < -0.3 is 14.0 Å². The number of ether oxygens (including phenoxy) is 2. The SMILES string of the molecule is Cn1c(-c2ccccn2)nc(-c2ccc3c(c2)OCO3)c1Sc1ccc(Cl)cc1. The van der Waals surface area contributed by atoms with Gasteiger partial charge in [-0.1, -0.05) is 29.4 Å². The number of hydrogen-bond donors (Lipinski definition) is 0. The largest absolute Gasteiger partial charge is 0.454 e. The Morgan fingerprint density at radius 1 is 1.00 bits per heavy atom. The van der Waals surface area contributed by atoms with E-state index >= 15 is 0 Å². The molecule has 5 rings (SSSR count). The first-order chi connectivity index (χ1) is 14.2. The number of imidazole rings is 1. The van der Waals surface area contributed by atoms with E-state index in [-0.39, 0.29) is 6.79 Å². The Balaban J connectivity index is 1.64. The maximum Gasteiger partial charge on any atom is 0.231 e. The minimum Gasteiger partial charge on any atom is -0.454 e. The Kier molecular flexibility index (Phi) is 4.66. The highest BCUT2D eigenvalue weighted by Crippen LogP contribution is 2.41. The lowest BCUT2D eigenvalue weighted by atomic mass is 10.1. The molecule has 0 saturated heterocycles. The van der Waals surface area contributed by atoms with Crippen molar-refractivity contribution in [1.29, 1.82) is 0 Å². The molecule has 0 bridgehead atoms. The molecule has 5 nitrogen and oxygen atoms in total.